The predicted molar refractivity (Wildman–Crippen MR) is 107 cm³/mol. The molecule has 7 heteroatoms. The molecule has 0 radical (unpaired) electrons. The van der Waals surface area contributed by atoms with Gasteiger partial charge in [0.25, 0.3) is 5.56 Å². The number of anilines is 1. The summed E-state index contributed by atoms with van der Waals surface area (Å²) in [5.41, 5.74) is 1.76. The summed E-state index contributed by atoms with van der Waals surface area (Å²) in [5.74, 6) is 1.41. The van der Waals surface area contributed by atoms with Crippen molar-refractivity contribution in [3.63, 3.8) is 0 Å². The molecule has 1 aliphatic carbocycles. The van der Waals surface area contributed by atoms with Gasteiger partial charge in [0, 0.05) is 12.6 Å². The molecule has 1 fully saturated rings. The fourth-order valence-corrected chi connectivity index (χ4v) is 2.89. The standard InChI is InChI=1S/C20H24ClN3O3/c1-3-27-11-10-17-19(22-12-14-4-5-14)18(21)20(25)24(23-17)13-15-6-8-16(26-2)9-7-15/h6-11,14,22H,3-5,12-13H2,1-2H3/b11-10+. The molecule has 27 heavy (non-hydrogen) atoms. The summed E-state index contributed by atoms with van der Waals surface area (Å²) in [7, 11) is 1.62. The highest BCUT2D eigenvalue weighted by Gasteiger charge is 2.23. The molecule has 6 nitrogen and oxygen atoms in total. The zero-order valence-corrected chi connectivity index (χ0v) is 16.3. The smallest absolute Gasteiger partial charge is 0.288 e. The van der Waals surface area contributed by atoms with E-state index in [0.29, 0.717) is 30.5 Å². The number of rotatable bonds is 9. The van der Waals surface area contributed by atoms with E-state index in [-0.39, 0.29) is 10.6 Å². The van der Waals surface area contributed by atoms with E-state index >= 15 is 0 Å². The summed E-state index contributed by atoms with van der Waals surface area (Å²) < 4.78 is 11.8. The molecule has 0 amide bonds. The summed E-state index contributed by atoms with van der Waals surface area (Å²) in [6, 6.07) is 7.50. The highest BCUT2D eigenvalue weighted by atomic mass is 35.5. The van der Waals surface area contributed by atoms with Crippen molar-refractivity contribution in [3.8, 4) is 5.75 Å². The molecule has 1 aromatic heterocycles. The SMILES string of the molecule is CCO/C=C/c1nn(Cc2ccc(OC)cc2)c(=O)c(Cl)c1NCC1CC1. The van der Waals surface area contributed by atoms with Gasteiger partial charge in [-0.15, -0.1) is 0 Å². The van der Waals surface area contributed by atoms with Crippen LogP contribution >= 0.6 is 11.6 Å². The maximum absolute atomic E-state index is 12.7. The van der Waals surface area contributed by atoms with Crippen molar-refractivity contribution in [1.29, 1.82) is 0 Å². The average Bonchev–Trinajstić information content (AvgIpc) is 3.50. The van der Waals surface area contributed by atoms with Crippen LogP contribution in [0.5, 0.6) is 5.75 Å². The van der Waals surface area contributed by atoms with Crippen LogP contribution in [-0.4, -0.2) is 30.0 Å². The molecule has 2 aromatic rings. The molecule has 1 aromatic carbocycles. The fraction of sp³-hybridized carbons (Fsp3) is 0.400. The van der Waals surface area contributed by atoms with Crippen LogP contribution in [0, 0.1) is 5.92 Å². The second-order valence-electron chi connectivity index (χ2n) is 6.47. The molecule has 0 aliphatic heterocycles. The van der Waals surface area contributed by atoms with Gasteiger partial charge in [0.1, 0.15) is 16.5 Å². The fourth-order valence-electron chi connectivity index (χ4n) is 2.63. The van der Waals surface area contributed by atoms with Crippen molar-refractivity contribution >= 4 is 23.4 Å². The molecule has 3 rings (SSSR count). The van der Waals surface area contributed by atoms with Crippen molar-refractivity contribution < 1.29 is 9.47 Å². The Kier molecular flexibility index (Phi) is 6.40. The highest BCUT2D eigenvalue weighted by Crippen LogP contribution is 2.31. The first-order chi connectivity index (χ1) is 13.1. The van der Waals surface area contributed by atoms with E-state index in [1.807, 2.05) is 31.2 Å². The summed E-state index contributed by atoms with van der Waals surface area (Å²) >= 11 is 6.40. The largest absolute Gasteiger partial charge is 0.501 e. The van der Waals surface area contributed by atoms with Crippen LogP contribution in [0.25, 0.3) is 6.08 Å². The molecule has 0 atom stereocenters. The average molecular weight is 390 g/mol. The lowest BCUT2D eigenvalue weighted by atomic mass is 10.2. The van der Waals surface area contributed by atoms with Gasteiger partial charge in [-0.2, -0.15) is 5.10 Å². The van der Waals surface area contributed by atoms with Crippen LogP contribution in [0.4, 0.5) is 5.69 Å². The second kappa shape index (κ2) is 8.95. The van der Waals surface area contributed by atoms with E-state index in [0.717, 1.165) is 17.9 Å². The van der Waals surface area contributed by atoms with Gasteiger partial charge < -0.3 is 14.8 Å². The van der Waals surface area contributed by atoms with Gasteiger partial charge in [0.05, 0.1) is 32.2 Å². The number of nitrogens with zero attached hydrogens (tertiary/aromatic N) is 2. The van der Waals surface area contributed by atoms with Gasteiger partial charge in [-0.1, -0.05) is 23.7 Å². The lowest BCUT2D eigenvalue weighted by Crippen LogP contribution is -2.26. The molecule has 0 spiro atoms. The minimum atomic E-state index is -0.320. The van der Waals surface area contributed by atoms with Crippen LogP contribution in [0.3, 0.4) is 0 Å². The molecule has 144 valence electrons. The first-order valence-electron chi connectivity index (χ1n) is 9.08. The number of benzene rings is 1. The van der Waals surface area contributed by atoms with Crippen molar-refractivity contribution in [3.05, 3.63) is 57.2 Å². The van der Waals surface area contributed by atoms with Crippen molar-refractivity contribution in [2.75, 3.05) is 25.6 Å². The second-order valence-corrected chi connectivity index (χ2v) is 6.85. The van der Waals surface area contributed by atoms with Crippen molar-refractivity contribution in [1.82, 2.24) is 9.78 Å². The van der Waals surface area contributed by atoms with E-state index in [2.05, 4.69) is 10.4 Å². The first kappa shape index (κ1) is 19.3. The number of hydrogen-bond acceptors (Lipinski definition) is 5. The van der Waals surface area contributed by atoms with Gasteiger partial charge in [0.15, 0.2) is 0 Å². The van der Waals surface area contributed by atoms with Gasteiger partial charge >= 0.3 is 0 Å². The lowest BCUT2D eigenvalue weighted by molar-refractivity contribution is 0.272. The van der Waals surface area contributed by atoms with Crippen LogP contribution in [0.1, 0.15) is 31.0 Å². The Morgan fingerprint density at radius 2 is 2.07 bits per heavy atom. The number of hydrogen-bond donors (Lipinski definition) is 1. The molecule has 0 unspecified atom stereocenters. The van der Waals surface area contributed by atoms with E-state index in [1.165, 1.54) is 17.5 Å². The number of nitrogens with one attached hydrogen (secondary N) is 1. The Balaban J connectivity index is 1.91. The summed E-state index contributed by atoms with van der Waals surface area (Å²) in [6.07, 6.45) is 5.71. The molecular formula is C20H24ClN3O3. The summed E-state index contributed by atoms with van der Waals surface area (Å²) in [6.45, 7) is 3.57. The zero-order chi connectivity index (χ0) is 19.2. The third kappa shape index (κ3) is 5.04. The maximum atomic E-state index is 12.7. The highest BCUT2D eigenvalue weighted by molar-refractivity contribution is 6.33. The third-order valence-electron chi connectivity index (χ3n) is 4.37. The Labute approximate surface area is 163 Å². The van der Waals surface area contributed by atoms with E-state index in [1.54, 1.807) is 19.4 Å². The number of methoxy groups -OCH3 is 1. The van der Waals surface area contributed by atoms with Crippen LogP contribution in [0.15, 0.2) is 35.3 Å². The summed E-state index contributed by atoms with van der Waals surface area (Å²) in [4.78, 5) is 12.7. The quantitative estimate of drug-likeness (QED) is 0.661. The van der Waals surface area contributed by atoms with Crippen LogP contribution < -0.4 is 15.6 Å². The Bertz CT molecular complexity index is 858. The van der Waals surface area contributed by atoms with Gasteiger partial charge in [-0.25, -0.2) is 4.68 Å². The van der Waals surface area contributed by atoms with Crippen LogP contribution in [0.2, 0.25) is 5.02 Å². The molecule has 1 aliphatic rings. The first-order valence-corrected chi connectivity index (χ1v) is 9.45. The zero-order valence-electron chi connectivity index (χ0n) is 15.6. The number of halogens is 1. The van der Waals surface area contributed by atoms with E-state index in [4.69, 9.17) is 21.1 Å². The van der Waals surface area contributed by atoms with Crippen molar-refractivity contribution in [2.45, 2.75) is 26.3 Å². The minimum Gasteiger partial charge on any atom is -0.501 e. The molecule has 1 heterocycles. The van der Waals surface area contributed by atoms with Gasteiger partial charge in [-0.3, -0.25) is 4.79 Å². The normalized spacial score (nSPS) is 13.7. The Hall–Kier alpha value is -2.47. The summed E-state index contributed by atoms with van der Waals surface area (Å²) in [5, 5.41) is 7.93. The van der Waals surface area contributed by atoms with Gasteiger partial charge in [-0.05, 0) is 43.4 Å². The molecule has 1 N–H and O–H groups in total. The molecule has 0 saturated heterocycles. The third-order valence-corrected chi connectivity index (χ3v) is 4.72. The topological polar surface area (TPSA) is 65.4 Å². The molecule has 0 bridgehead atoms. The Morgan fingerprint density at radius 1 is 1.33 bits per heavy atom. The number of aromatic nitrogens is 2. The van der Waals surface area contributed by atoms with Crippen LogP contribution in [-0.2, 0) is 11.3 Å². The van der Waals surface area contributed by atoms with E-state index < -0.39 is 0 Å². The number of ether oxygens (including phenoxy) is 2. The Morgan fingerprint density at radius 3 is 2.70 bits per heavy atom. The lowest BCUT2D eigenvalue weighted by Gasteiger charge is -2.14. The maximum Gasteiger partial charge on any atom is 0.288 e. The van der Waals surface area contributed by atoms with Gasteiger partial charge in [0.2, 0.25) is 0 Å². The molecule has 1 saturated carbocycles. The van der Waals surface area contributed by atoms with Crippen molar-refractivity contribution in [2.24, 2.45) is 5.92 Å². The van der Waals surface area contributed by atoms with E-state index in [9.17, 15) is 4.79 Å². The monoisotopic (exact) mass is 389 g/mol. The predicted octanol–water partition coefficient (Wildman–Crippen LogP) is 3.78. The molecular weight excluding hydrogens is 366 g/mol. The minimum absolute atomic E-state index is 0.148.